The summed E-state index contributed by atoms with van der Waals surface area (Å²) in [6.07, 6.45) is 0. The molecular formula is C16H17ClN2O3S. The summed E-state index contributed by atoms with van der Waals surface area (Å²) < 4.78 is 10.4. The quantitative estimate of drug-likeness (QED) is 0.613. The van der Waals surface area contributed by atoms with Crippen molar-refractivity contribution in [2.24, 2.45) is 0 Å². The smallest absolute Gasteiger partial charge is 0.234 e. The van der Waals surface area contributed by atoms with E-state index in [4.69, 9.17) is 26.8 Å². The molecule has 0 aliphatic carbocycles. The maximum absolute atomic E-state index is 12.1. The summed E-state index contributed by atoms with van der Waals surface area (Å²) in [7, 11) is 3.03. The van der Waals surface area contributed by atoms with E-state index in [1.807, 2.05) is 18.2 Å². The highest BCUT2D eigenvalue weighted by Gasteiger charge is 2.12. The predicted octanol–water partition coefficient (Wildman–Crippen LogP) is 3.67. The summed E-state index contributed by atoms with van der Waals surface area (Å²) >= 11 is 7.48. The lowest BCUT2D eigenvalue weighted by atomic mass is 10.2. The number of carbonyl (C=O) groups excluding carboxylic acids is 1. The van der Waals surface area contributed by atoms with Crippen LogP contribution in [0.4, 0.5) is 11.4 Å². The van der Waals surface area contributed by atoms with Gasteiger partial charge in [-0.25, -0.2) is 0 Å². The highest BCUT2D eigenvalue weighted by atomic mass is 35.5. The summed E-state index contributed by atoms with van der Waals surface area (Å²) in [4.78, 5) is 13.0. The minimum Gasteiger partial charge on any atom is -0.495 e. The van der Waals surface area contributed by atoms with Gasteiger partial charge in [0.05, 0.1) is 30.7 Å². The zero-order chi connectivity index (χ0) is 16.8. The van der Waals surface area contributed by atoms with E-state index in [0.29, 0.717) is 27.9 Å². The number of nitrogen functional groups attached to an aromatic ring is 1. The second-order valence-electron chi connectivity index (χ2n) is 4.60. The fraction of sp³-hybridized carbons (Fsp3) is 0.188. The van der Waals surface area contributed by atoms with Crippen LogP contribution in [0.15, 0.2) is 41.3 Å². The Kier molecular flexibility index (Phi) is 6.01. The van der Waals surface area contributed by atoms with Crippen LogP contribution in [0.1, 0.15) is 0 Å². The van der Waals surface area contributed by atoms with Crippen molar-refractivity contribution in [1.29, 1.82) is 0 Å². The van der Waals surface area contributed by atoms with Crippen molar-refractivity contribution in [1.82, 2.24) is 0 Å². The second-order valence-corrected chi connectivity index (χ2v) is 6.05. The van der Waals surface area contributed by atoms with Crippen LogP contribution >= 0.6 is 23.4 Å². The Labute approximate surface area is 144 Å². The first kappa shape index (κ1) is 17.3. The van der Waals surface area contributed by atoms with Gasteiger partial charge in [-0.15, -0.1) is 11.8 Å². The third-order valence-corrected chi connectivity index (χ3v) is 4.27. The molecule has 2 aromatic rings. The van der Waals surface area contributed by atoms with Crippen molar-refractivity contribution >= 4 is 40.6 Å². The minimum atomic E-state index is -0.169. The Hall–Kier alpha value is -2.05. The molecule has 5 nitrogen and oxygen atoms in total. The maximum atomic E-state index is 12.1. The van der Waals surface area contributed by atoms with Crippen molar-refractivity contribution in [2.45, 2.75) is 4.90 Å². The molecular weight excluding hydrogens is 336 g/mol. The van der Waals surface area contributed by atoms with Gasteiger partial charge in [0.1, 0.15) is 11.5 Å². The van der Waals surface area contributed by atoms with Crippen LogP contribution < -0.4 is 20.5 Å². The van der Waals surface area contributed by atoms with Gasteiger partial charge in [-0.05, 0) is 24.3 Å². The average molecular weight is 353 g/mol. The van der Waals surface area contributed by atoms with E-state index < -0.39 is 0 Å². The van der Waals surface area contributed by atoms with Crippen LogP contribution in [-0.2, 0) is 4.79 Å². The topological polar surface area (TPSA) is 73.6 Å². The number of methoxy groups -OCH3 is 2. The number of nitrogens with two attached hydrogens (primary N) is 1. The number of carbonyl (C=O) groups is 1. The monoisotopic (exact) mass is 352 g/mol. The molecule has 2 rings (SSSR count). The van der Waals surface area contributed by atoms with Crippen LogP contribution in [0.3, 0.4) is 0 Å². The summed E-state index contributed by atoms with van der Waals surface area (Å²) in [5, 5.41) is 3.18. The van der Waals surface area contributed by atoms with Gasteiger partial charge < -0.3 is 20.5 Å². The van der Waals surface area contributed by atoms with E-state index in [0.717, 1.165) is 4.90 Å². The molecule has 0 spiro atoms. The molecule has 2 aromatic carbocycles. The number of amides is 1. The van der Waals surface area contributed by atoms with Crippen molar-refractivity contribution in [3.63, 3.8) is 0 Å². The predicted molar refractivity (Wildman–Crippen MR) is 94.8 cm³/mol. The van der Waals surface area contributed by atoms with Gasteiger partial charge in [-0.1, -0.05) is 17.7 Å². The van der Waals surface area contributed by atoms with Crippen molar-refractivity contribution in [3.05, 3.63) is 41.4 Å². The van der Waals surface area contributed by atoms with Gasteiger partial charge in [0.15, 0.2) is 0 Å². The van der Waals surface area contributed by atoms with Crippen molar-refractivity contribution < 1.29 is 14.3 Å². The van der Waals surface area contributed by atoms with Crippen LogP contribution in [0.5, 0.6) is 11.5 Å². The summed E-state index contributed by atoms with van der Waals surface area (Å²) in [6.45, 7) is 0. The molecule has 0 heterocycles. The van der Waals surface area contributed by atoms with E-state index in [1.165, 1.54) is 26.0 Å². The molecule has 0 aliphatic heterocycles. The minimum absolute atomic E-state index is 0.169. The Bertz CT molecular complexity index is 710. The normalized spacial score (nSPS) is 10.2. The van der Waals surface area contributed by atoms with E-state index in [1.54, 1.807) is 18.2 Å². The van der Waals surface area contributed by atoms with Crippen LogP contribution in [-0.4, -0.2) is 25.9 Å². The Morgan fingerprint density at radius 2 is 1.96 bits per heavy atom. The summed E-state index contributed by atoms with van der Waals surface area (Å²) in [5.74, 6) is 1.04. The number of halogens is 1. The molecule has 0 aromatic heterocycles. The molecule has 0 fully saturated rings. The number of benzene rings is 2. The molecule has 0 bridgehead atoms. The summed E-state index contributed by atoms with van der Waals surface area (Å²) in [6, 6.07) is 10.6. The fourth-order valence-electron chi connectivity index (χ4n) is 1.90. The van der Waals surface area contributed by atoms with Crippen molar-refractivity contribution in [3.8, 4) is 11.5 Å². The van der Waals surface area contributed by atoms with Gasteiger partial charge in [0.2, 0.25) is 5.91 Å². The molecule has 7 heteroatoms. The molecule has 3 N–H and O–H groups in total. The number of hydrogen-bond donors (Lipinski definition) is 2. The number of rotatable bonds is 6. The first-order valence-corrected chi connectivity index (χ1v) is 8.09. The standard InChI is InChI=1S/C16H17ClN2O3S/c1-21-14-8-15(22-2)13(7-12(14)17)19-16(20)9-23-11-5-3-4-10(18)6-11/h3-8H,9,18H2,1-2H3,(H,19,20). The first-order valence-electron chi connectivity index (χ1n) is 6.73. The number of anilines is 2. The highest BCUT2D eigenvalue weighted by molar-refractivity contribution is 8.00. The largest absolute Gasteiger partial charge is 0.495 e. The molecule has 0 saturated carbocycles. The Balaban J connectivity index is 2.03. The lowest BCUT2D eigenvalue weighted by Crippen LogP contribution is -2.14. The molecule has 0 radical (unpaired) electrons. The molecule has 0 unspecified atom stereocenters. The SMILES string of the molecule is COc1cc(OC)c(NC(=O)CSc2cccc(N)c2)cc1Cl. The number of thioether (sulfide) groups is 1. The van der Waals surface area contributed by atoms with E-state index >= 15 is 0 Å². The van der Waals surface area contributed by atoms with Crippen molar-refractivity contribution in [2.75, 3.05) is 31.0 Å². The maximum Gasteiger partial charge on any atom is 0.234 e. The third-order valence-electron chi connectivity index (χ3n) is 2.98. The lowest BCUT2D eigenvalue weighted by molar-refractivity contribution is -0.113. The molecule has 122 valence electrons. The first-order chi connectivity index (χ1) is 11.0. The molecule has 0 aliphatic rings. The zero-order valence-corrected chi connectivity index (χ0v) is 14.3. The van der Waals surface area contributed by atoms with E-state index in [9.17, 15) is 4.79 Å². The van der Waals surface area contributed by atoms with E-state index in [2.05, 4.69) is 5.32 Å². The average Bonchev–Trinajstić information content (AvgIpc) is 2.53. The zero-order valence-electron chi connectivity index (χ0n) is 12.8. The van der Waals surface area contributed by atoms with Gasteiger partial charge >= 0.3 is 0 Å². The number of hydrogen-bond acceptors (Lipinski definition) is 5. The van der Waals surface area contributed by atoms with Gasteiger partial charge in [0.25, 0.3) is 0 Å². The van der Waals surface area contributed by atoms with Gasteiger partial charge in [-0.2, -0.15) is 0 Å². The molecule has 1 amide bonds. The highest BCUT2D eigenvalue weighted by Crippen LogP contribution is 2.36. The Morgan fingerprint density at radius 1 is 1.22 bits per heavy atom. The Morgan fingerprint density at radius 3 is 2.61 bits per heavy atom. The lowest BCUT2D eigenvalue weighted by Gasteiger charge is -2.13. The molecule has 23 heavy (non-hydrogen) atoms. The number of nitrogens with one attached hydrogen (secondary N) is 1. The second kappa shape index (κ2) is 7.99. The molecule has 0 atom stereocenters. The number of ether oxygens (including phenoxy) is 2. The van der Waals surface area contributed by atoms with Crippen LogP contribution in [0, 0.1) is 0 Å². The molecule has 0 saturated heterocycles. The summed E-state index contributed by atoms with van der Waals surface area (Å²) in [5.41, 5.74) is 6.88. The van der Waals surface area contributed by atoms with Gasteiger partial charge in [0, 0.05) is 16.6 Å². The van der Waals surface area contributed by atoms with Crippen LogP contribution in [0.2, 0.25) is 5.02 Å². The third kappa shape index (κ3) is 4.71. The fourth-order valence-corrected chi connectivity index (χ4v) is 2.90. The van der Waals surface area contributed by atoms with E-state index in [-0.39, 0.29) is 11.7 Å². The van der Waals surface area contributed by atoms with Gasteiger partial charge in [-0.3, -0.25) is 4.79 Å². The van der Waals surface area contributed by atoms with Crippen LogP contribution in [0.25, 0.3) is 0 Å².